The molecule has 0 heterocycles. The van der Waals surface area contributed by atoms with Crippen molar-refractivity contribution < 1.29 is 14.3 Å². The van der Waals surface area contributed by atoms with Gasteiger partial charge in [0.05, 0.1) is 7.11 Å². The highest BCUT2D eigenvalue weighted by atomic mass is 16.5. The van der Waals surface area contributed by atoms with Crippen molar-refractivity contribution in [2.45, 2.75) is 20.3 Å². The van der Waals surface area contributed by atoms with Crippen LogP contribution in [0.25, 0.3) is 0 Å². The minimum atomic E-state index is -0.374. The molecule has 2 aromatic rings. The molecule has 120 valence electrons. The maximum absolute atomic E-state index is 12.0. The smallest absolute Gasteiger partial charge is 0.233 e. The highest BCUT2D eigenvalue weighted by Crippen LogP contribution is 2.18. The summed E-state index contributed by atoms with van der Waals surface area (Å²) in [5, 5.41) is 5.45. The fourth-order valence-electron chi connectivity index (χ4n) is 2.12. The van der Waals surface area contributed by atoms with Gasteiger partial charge in [0.25, 0.3) is 0 Å². The van der Waals surface area contributed by atoms with E-state index in [1.165, 1.54) is 0 Å². The van der Waals surface area contributed by atoms with Gasteiger partial charge in [-0.05, 0) is 43.2 Å². The van der Waals surface area contributed by atoms with Crippen LogP contribution in [0.2, 0.25) is 0 Å². The highest BCUT2D eigenvalue weighted by Gasteiger charge is 2.11. The zero-order chi connectivity index (χ0) is 16.8. The molecule has 0 unspecified atom stereocenters. The van der Waals surface area contributed by atoms with Gasteiger partial charge in [0.1, 0.15) is 12.2 Å². The Bertz CT molecular complexity index is 726. The second kappa shape index (κ2) is 7.45. The second-order valence-electron chi connectivity index (χ2n) is 5.32. The summed E-state index contributed by atoms with van der Waals surface area (Å²) in [6, 6.07) is 12.8. The number of aryl methyl sites for hydroxylation is 2. The summed E-state index contributed by atoms with van der Waals surface area (Å²) >= 11 is 0. The Hall–Kier alpha value is -2.82. The van der Waals surface area contributed by atoms with Crippen LogP contribution in [-0.4, -0.2) is 18.9 Å². The molecule has 0 saturated heterocycles. The van der Waals surface area contributed by atoms with Crippen LogP contribution >= 0.6 is 0 Å². The average Bonchev–Trinajstić information content (AvgIpc) is 2.50. The number of methoxy groups -OCH3 is 1. The summed E-state index contributed by atoms with van der Waals surface area (Å²) in [6.07, 6.45) is -0.245. The van der Waals surface area contributed by atoms with Gasteiger partial charge in [-0.25, -0.2) is 0 Å². The predicted molar refractivity (Wildman–Crippen MR) is 90.8 cm³/mol. The van der Waals surface area contributed by atoms with Gasteiger partial charge in [-0.1, -0.05) is 18.2 Å². The van der Waals surface area contributed by atoms with Crippen LogP contribution < -0.4 is 15.4 Å². The second-order valence-corrected chi connectivity index (χ2v) is 5.32. The molecule has 5 heteroatoms. The molecule has 2 amide bonds. The molecule has 2 aromatic carbocycles. The maximum atomic E-state index is 12.0. The number of hydrogen-bond acceptors (Lipinski definition) is 3. The first-order valence-electron chi connectivity index (χ1n) is 7.29. The van der Waals surface area contributed by atoms with E-state index in [0.29, 0.717) is 11.4 Å². The number of anilines is 2. The number of hydrogen-bond donors (Lipinski definition) is 2. The number of rotatable bonds is 5. The van der Waals surface area contributed by atoms with Gasteiger partial charge < -0.3 is 15.4 Å². The Balaban J connectivity index is 1.94. The Morgan fingerprint density at radius 1 is 1.00 bits per heavy atom. The molecule has 0 atom stereocenters. The lowest BCUT2D eigenvalue weighted by Gasteiger charge is -2.10. The van der Waals surface area contributed by atoms with Crippen molar-refractivity contribution in [2.24, 2.45) is 0 Å². The molecule has 0 radical (unpaired) electrons. The van der Waals surface area contributed by atoms with Gasteiger partial charge in [0.15, 0.2) is 0 Å². The number of carbonyl (C=O) groups is 2. The van der Waals surface area contributed by atoms with Crippen molar-refractivity contribution in [3.05, 3.63) is 53.6 Å². The molecule has 0 bridgehead atoms. The van der Waals surface area contributed by atoms with Crippen molar-refractivity contribution in [1.82, 2.24) is 0 Å². The zero-order valence-corrected chi connectivity index (χ0v) is 13.5. The van der Waals surface area contributed by atoms with E-state index in [0.717, 1.165) is 16.8 Å². The van der Waals surface area contributed by atoms with Crippen molar-refractivity contribution in [1.29, 1.82) is 0 Å². The summed E-state index contributed by atoms with van der Waals surface area (Å²) in [4.78, 5) is 24.0. The van der Waals surface area contributed by atoms with Gasteiger partial charge >= 0.3 is 0 Å². The van der Waals surface area contributed by atoms with Crippen molar-refractivity contribution in [3.63, 3.8) is 0 Å². The van der Waals surface area contributed by atoms with Gasteiger partial charge in [0, 0.05) is 17.4 Å². The van der Waals surface area contributed by atoms with E-state index in [1.807, 2.05) is 32.0 Å². The van der Waals surface area contributed by atoms with Crippen molar-refractivity contribution in [3.8, 4) is 5.75 Å². The van der Waals surface area contributed by atoms with Crippen molar-refractivity contribution in [2.75, 3.05) is 17.7 Å². The summed E-state index contributed by atoms with van der Waals surface area (Å²) in [7, 11) is 1.55. The van der Waals surface area contributed by atoms with Crippen LogP contribution in [0.5, 0.6) is 5.75 Å². The molecule has 0 aromatic heterocycles. The molecule has 0 aliphatic carbocycles. The van der Waals surface area contributed by atoms with E-state index in [2.05, 4.69) is 10.6 Å². The van der Waals surface area contributed by atoms with E-state index in [9.17, 15) is 9.59 Å². The quantitative estimate of drug-likeness (QED) is 0.833. The van der Waals surface area contributed by atoms with Crippen LogP contribution in [0, 0.1) is 13.8 Å². The summed E-state index contributed by atoms with van der Waals surface area (Å²) in [5.41, 5.74) is 3.32. The normalized spacial score (nSPS) is 10.0. The van der Waals surface area contributed by atoms with Gasteiger partial charge in [-0.3, -0.25) is 9.59 Å². The molecule has 23 heavy (non-hydrogen) atoms. The fraction of sp³-hybridized carbons (Fsp3) is 0.222. The van der Waals surface area contributed by atoms with Gasteiger partial charge in [-0.2, -0.15) is 0 Å². The van der Waals surface area contributed by atoms with E-state index in [1.54, 1.807) is 31.4 Å². The molecule has 0 aliphatic heterocycles. The van der Waals surface area contributed by atoms with Crippen LogP contribution in [0.15, 0.2) is 42.5 Å². The zero-order valence-electron chi connectivity index (χ0n) is 13.5. The highest BCUT2D eigenvalue weighted by molar-refractivity contribution is 6.08. The number of ether oxygens (including phenoxy) is 1. The van der Waals surface area contributed by atoms with E-state index in [-0.39, 0.29) is 18.2 Å². The molecule has 0 fully saturated rings. The summed E-state index contributed by atoms with van der Waals surface area (Å²) < 4.78 is 5.09. The lowest BCUT2D eigenvalue weighted by atomic mass is 10.1. The van der Waals surface area contributed by atoms with Gasteiger partial charge in [0.2, 0.25) is 11.8 Å². The number of amides is 2. The summed E-state index contributed by atoms with van der Waals surface area (Å²) in [6.45, 7) is 3.86. The lowest BCUT2D eigenvalue weighted by Crippen LogP contribution is -2.21. The lowest BCUT2D eigenvalue weighted by molar-refractivity contribution is -0.123. The monoisotopic (exact) mass is 312 g/mol. The van der Waals surface area contributed by atoms with Crippen LogP contribution in [-0.2, 0) is 9.59 Å². The Kier molecular flexibility index (Phi) is 5.36. The molecular weight excluding hydrogens is 292 g/mol. The molecular formula is C18H20N2O3. The molecule has 0 saturated carbocycles. The molecule has 2 rings (SSSR count). The Morgan fingerprint density at radius 2 is 1.74 bits per heavy atom. The summed E-state index contributed by atoms with van der Waals surface area (Å²) in [5.74, 6) is -0.0807. The predicted octanol–water partition coefficient (Wildman–Crippen LogP) is 3.28. The third kappa shape index (κ3) is 4.85. The molecule has 5 nitrogen and oxygen atoms in total. The Morgan fingerprint density at radius 3 is 2.48 bits per heavy atom. The van der Waals surface area contributed by atoms with Crippen LogP contribution in [0.3, 0.4) is 0 Å². The largest absolute Gasteiger partial charge is 0.497 e. The first kappa shape index (κ1) is 16.5. The van der Waals surface area contributed by atoms with E-state index in [4.69, 9.17) is 4.74 Å². The minimum Gasteiger partial charge on any atom is -0.497 e. The average molecular weight is 312 g/mol. The minimum absolute atomic E-state index is 0.245. The Labute approximate surface area is 135 Å². The van der Waals surface area contributed by atoms with Crippen molar-refractivity contribution >= 4 is 23.2 Å². The van der Waals surface area contributed by atoms with Gasteiger partial charge in [-0.15, -0.1) is 0 Å². The number of carbonyl (C=O) groups excluding carboxylic acids is 2. The maximum Gasteiger partial charge on any atom is 0.233 e. The third-order valence-electron chi connectivity index (χ3n) is 3.34. The topological polar surface area (TPSA) is 67.4 Å². The standard InChI is InChI=1S/C18H20N2O3/c1-12-7-8-13(2)16(9-12)20-18(22)11-17(21)19-14-5-4-6-15(10-14)23-3/h4-10H,11H2,1-3H3,(H,19,21)(H,20,22). The number of nitrogens with one attached hydrogen (secondary N) is 2. The molecule has 0 aliphatic rings. The first-order chi connectivity index (χ1) is 11.0. The number of benzene rings is 2. The van der Waals surface area contributed by atoms with Crippen LogP contribution in [0.1, 0.15) is 17.5 Å². The first-order valence-corrected chi connectivity index (χ1v) is 7.29. The van der Waals surface area contributed by atoms with E-state index >= 15 is 0 Å². The third-order valence-corrected chi connectivity index (χ3v) is 3.34. The van der Waals surface area contributed by atoms with E-state index < -0.39 is 0 Å². The molecule has 0 spiro atoms. The fourth-order valence-corrected chi connectivity index (χ4v) is 2.12. The molecule has 2 N–H and O–H groups in total. The SMILES string of the molecule is COc1cccc(NC(=O)CC(=O)Nc2cc(C)ccc2C)c1. The van der Waals surface area contributed by atoms with Crippen LogP contribution in [0.4, 0.5) is 11.4 Å².